The molecule has 0 saturated heterocycles. The number of hydrogen-bond acceptors (Lipinski definition) is 6. The second-order valence-corrected chi connectivity index (χ2v) is 5.63. The highest BCUT2D eigenvalue weighted by molar-refractivity contribution is 6.04. The minimum Gasteiger partial charge on any atom is -0.325 e. The van der Waals surface area contributed by atoms with Crippen molar-refractivity contribution in [3.63, 3.8) is 0 Å². The molecule has 0 aliphatic carbocycles. The summed E-state index contributed by atoms with van der Waals surface area (Å²) in [6.07, 6.45) is 6.10. The van der Waals surface area contributed by atoms with Crippen LogP contribution in [-0.2, 0) is 6.67 Å². The monoisotopic (exact) mass is 363 g/mol. The minimum absolute atomic E-state index is 0.325. The fraction of sp³-hybridized carbons (Fsp3) is 0.0556. The van der Waals surface area contributed by atoms with Crippen LogP contribution < -0.4 is 10.6 Å². The van der Waals surface area contributed by atoms with Crippen LogP contribution in [0, 0.1) is 0 Å². The van der Waals surface area contributed by atoms with E-state index in [2.05, 4.69) is 30.7 Å². The van der Waals surface area contributed by atoms with Crippen LogP contribution in [0.5, 0.6) is 0 Å². The van der Waals surface area contributed by atoms with Crippen LogP contribution in [0.2, 0.25) is 0 Å². The van der Waals surface area contributed by atoms with Crippen molar-refractivity contribution in [2.24, 2.45) is 0 Å². The number of hydrogen-bond donors (Lipinski definition) is 2. The molecule has 1 amide bonds. The van der Waals surface area contributed by atoms with Crippen LogP contribution in [0.25, 0.3) is 5.65 Å². The lowest BCUT2D eigenvalue weighted by Gasteiger charge is -2.08. The lowest BCUT2D eigenvalue weighted by Crippen LogP contribution is -2.14. The first-order valence-corrected chi connectivity index (χ1v) is 8.07. The van der Waals surface area contributed by atoms with Gasteiger partial charge in [-0.15, -0.1) is 0 Å². The van der Waals surface area contributed by atoms with E-state index in [1.54, 1.807) is 42.6 Å². The quantitative estimate of drug-likeness (QED) is 0.566. The molecule has 2 N–H and O–H groups in total. The number of carbonyl (C=O) groups is 1. The average Bonchev–Trinajstić information content (AvgIpc) is 3.12. The number of alkyl halides is 1. The molecule has 4 heterocycles. The number of halogens is 1. The zero-order valence-electron chi connectivity index (χ0n) is 14.0. The third-order valence-electron chi connectivity index (χ3n) is 3.78. The standard InChI is InChI=1S/C18H14FN7O/c19-9-12-3-4-14(21-10-12)24-15-8-13(5-7-20-15)18(27)25-17-11-22-16-2-1-6-23-26(16)17/h1-8,10-11H,9H2,(H,25,27)(H,20,21,24). The lowest BCUT2D eigenvalue weighted by atomic mass is 10.2. The molecule has 0 atom stereocenters. The van der Waals surface area contributed by atoms with E-state index in [4.69, 9.17) is 0 Å². The highest BCUT2D eigenvalue weighted by Gasteiger charge is 2.11. The molecular weight excluding hydrogens is 349 g/mol. The van der Waals surface area contributed by atoms with Gasteiger partial charge < -0.3 is 10.6 Å². The van der Waals surface area contributed by atoms with E-state index in [1.165, 1.54) is 23.1 Å². The Bertz CT molecular complexity index is 1090. The summed E-state index contributed by atoms with van der Waals surface area (Å²) < 4.78 is 14.1. The maximum Gasteiger partial charge on any atom is 0.257 e. The van der Waals surface area contributed by atoms with E-state index in [9.17, 15) is 9.18 Å². The highest BCUT2D eigenvalue weighted by atomic mass is 19.1. The largest absolute Gasteiger partial charge is 0.325 e. The SMILES string of the molecule is O=C(Nc1cnc2cccnn12)c1ccnc(Nc2ccc(CF)cn2)c1. The molecule has 4 rings (SSSR count). The maximum absolute atomic E-state index is 12.6. The van der Waals surface area contributed by atoms with E-state index < -0.39 is 6.67 Å². The second-order valence-electron chi connectivity index (χ2n) is 5.63. The number of nitrogens with one attached hydrogen (secondary N) is 2. The summed E-state index contributed by atoms with van der Waals surface area (Å²) >= 11 is 0. The van der Waals surface area contributed by atoms with Crippen LogP contribution in [0.1, 0.15) is 15.9 Å². The van der Waals surface area contributed by atoms with Crippen molar-refractivity contribution >= 4 is 29.0 Å². The topological polar surface area (TPSA) is 97.1 Å². The van der Waals surface area contributed by atoms with Crippen LogP contribution in [-0.4, -0.2) is 30.5 Å². The number of carbonyl (C=O) groups excluding carboxylic acids is 1. The van der Waals surface area contributed by atoms with Gasteiger partial charge >= 0.3 is 0 Å². The van der Waals surface area contributed by atoms with Gasteiger partial charge in [-0.1, -0.05) is 6.07 Å². The zero-order valence-corrected chi connectivity index (χ0v) is 14.0. The molecule has 0 aromatic carbocycles. The molecule has 0 fully saturated rings. The molecule has 0 spiro atoms. The van der Waals surface area contributed by atoms with Crippen LogP contribution >= 0.6 is 0 Å². The molecular formula is C18H14FN7O. The number of imidazole rings is 1. The van der Waals surface area contributed by atoms with Crippen molar-refractivity contribution in [1.29, 1.82) is 0 Å². The Kier molecular flexibility index (Phi) is 4.40. The van der Waals surface area contributed by atoms with Gasteiger partial charge in [0.25, 0.3) is 5.91 Å². The molecule has 0 bridgehead atoms. The smallest absolute Gasteiger partial charge is 0.257 e. The number of pyridine rings is 2. The van der Waals surface area contributed by atoms with E-state index in [0.717, 1.165) is 0 Å². The van der Waals surface area contributed by atoms with E-state index in [-0.39, 0.29) is 5.91 Å². The third kappa shape index (κ3) is 3.56. The first kappa shape index (κ1) is 16.6. The highest BCUT2D eigenvalue weighted by Crippen LogP contribution is 2.16. The molecule has 0 aliphatic heterocycles. The summed E-state index contributed by atoms with van der Waals surface area (Å²) in [6, 6.07) is 10.0. The fourth-order valence-electron chi connectivity index (χ4n) is 2.45. The minimum atomic E-state index is -0.570. The van der Waals surface area contributed by atoms with Gasteiger partial charge in [-0.2, -0.15) is 9.61 Å². The molecule has 8 nitrogen and oxygen atoms in total. The van der Waals surface area contributed by atoms with E-state index in [0.29, 0.717) is 34.2 Å². The van der Waals surface area contributed by atoms with Crippen molar-refractivity contribution in [1.82, 2.24) is 24.6 Å². The Morgan fingerprint density at radius 3 is 2.78 bits per heavy atom. The van der Waals surface area contributed by atoms with Crippen molar-refractivity contribution < 1.29 is 9.18 Å². The van der Waals surface area contributed by atoms with Gasteiger partial charge in [0.05, 0.1) is 6.20 Å². The van der Waals surface area contributed by atoms with Crippen molar-refractivity contribution in [2.75, 3.05) is 10.6 Å². The second kappa shape index (κ2) is 7.16. The summed E-state index contributed by atoms with van der Waals surface area (Å²) in [7, 11) is 0. The summed E-state index contributed by atoms with van der Waals surface area (Å²) in [4.78, 5) is 25.0. The lowest BCUT2D eigenvalue weighted by molar-refractivity contribution is 0.102. The number of fused-ring (bicyclic) bond motifs is 1. The third-order valence-corrected chi connectivity index (χ3v) is 3.78. The first-order valence-electron chi connectivity index (χ1n) is 8.07. The van der Waals surface area contributed by atoms with Gasteiger partial charge in [-0.05, 0) is 30.3 Å². The van der Waals surface area contributed by atoms with E-state index >= 15 is 0 Å². The Hall–Kier alpha value is -3.88. The van der Waals surface area contributed by atoms with Gasteiger partial charge in [0.2, 0.25) is 0 Å². The van der Waals surface area contributed by atoms with Crippen LogP contribution in [0.15, 0.2) is 61.2 Å². The van der Waals surface area contributed by atoms with Crippen LogP contribution in [0.4, 0.5) is 21.8 Å². The molecule has 4 aromatic rings. The number of rotatable bonds is 5. The molecule has 0 saturated carbocycles. The van der Waals surface area contributed by atoms with Gasteiger partial charge in [-0.3, -0.25) is 4.79 Å². The van der Waals surface area contributed by atoms with Gasteiger partial charge in [0.1, 0.15) is 18.3 Å². The van der Waals surface area contributed by atoms with E-state index in [1.807, 2.05) is 0 Å². The van der Waals surface area contributed by atoms with Crippen LogP contribution in [0.3, 0.4) is 0 Å². The molecule has 27 heavy (non-hydrogen) atoms. The predicted octanol–water partition coefficient (Wildman–Crippen LogP) is 2.98. The Labute approximate surface area is 153 Å². The molecule has 0 radical (unpaired) electrons. The molecule has 9 heteroatoms. The Morgan fingerprint density at radius 2 is 1.96 bits per heavy atom. The summed E-state index contributed by atoms with van der Waals surface area (Å²) in [5, 5.41) is 9.91. The average molecular weight is 363 g/mol. The van der Waals surface area contributed by atoms with Gasteiger partial charge in [0.15, 0.2) is 11.5 Å². The molecule has 0 unspecified atom stereocenters. The zero-order chi connectivity index (χ0) is 18.6. The normalized spacial score (nSPS) is 10.7. The van der Waals surface area contributed by atoms with Gasteiger partial charge in [-0.25, -0.2) is 19.3 Å². The maximum atomic E-state index is 12.6. The van der Waals surface area contributed by atoms with Crippen molar-refractivity contribution in [3.05, 3.63) is 72.3 Å². The Balaban J connectivity index is 1.51. The molecule has 0 aliphatic rings. The first-order chi connectivity index (χ1) is 13.2. The summed E-state index contributed by atoms with van der Waals surface area (Å²) in [6.45, 7) is -0.570. The Morgan fingerprint density at radius 1 is 1.04 bits per heavy atom. The number of amides is 1. The predicted molar refractivity (Wildman–Crippen MR) is 97.5 cm³/mol. The summed E-state index contributed by atoms with van der Waals surface area (Å²) in [5.41, 5.74) is 1.52. The molecule has 134 valence electrons. The molecule has 4 aromatic heterocycles. The van der Waals surface area contributed by atoms with Crippen molar-refractivity contribution in [3.8, 4) is 0 Å². The van der Waals surface area contributed by atoms with Gasteiger partial charge in [0, 0.05) is 29.7 Å². The summed E-state index contributed by atoms with van der Waals surface area (Å²) in [5.74, 6) is 1.08. The number of aromatic nitrogens is 5. The number of nitrogens with zero attached hydrogens (tertiary/aromatic N) is 5. The van der Waals surface area contributed by atoms with Crippen molar-refractivity contribution in [2.45, 2.75) is 6.67 Å². The fourth-order valence-corrected chi connectivity index (χ4v) is 2.45. The number of anilines is 3.